The van der Waals surface area contributed by atoms with Gasteiger partial charge in [-0.25, -0.2) is 15.0 Å². The molecule has 3 aromatic carbocycles. The number of aryl methyl sites for hydroxylation is 1. The van der Waals surface area contributed by atoms with Crippen LogP contribution < -0.4 is 10.5 Å². The number of hydrogen-bond donors (Lipinski definition) is 1. The topological polar surface area (TPSA) is 83.8 Å². The van der Waals surface area contributed by atoms with Gasteiger partial charge in [0.1, 0.15) is 22.9 Å². The molecule has 0 atom stereocenters. The molecule has 0 saturated heterocycles. The highest BCUT2D eigenvalue weighted by Crippen LogP contribution is 2.38. The highest BCUT2D eigenvalue weighted by atomic mass is 35.5. The van der Waals surface area contributed by atoms with Crippen molar-refractivity contribution in [3.8, 4) is 22.8 Å². The molecule has 0 saturated carbocycles. The third kappa shape index (κ3) is 3.08. The number of nitrogens with two attached hydrogens (primary N) is 1. The Bertz CT molecular complexity index is 1630. The summed E-state index contributed by atoms with van der Waals surface area (Å²) in [5.41, 5.74) is 13.4. The molecule has 2 N–H and O–H groups in total. The van der Waals surface area contributed by atoms with Crippen molar-refractivity contribution in [1.82, 2.24) is 24.1 Å². The molecule has 0 bridgehead atoms. The van der Waals surface area contributed by atoms with Crippen LogP contribution in [0.25, 0.3) is 50.3 Å². The molecular weight excluding hydrogens is 436 g/mol. The molecule has 0 radical (unpaired) electrons. The molecule has 3 heterocycles. The number of aromatic nitrogens is 5. The number of para-hydroxylation sites is 4. The standard InChI is InChI=1S/C25H20N6O.ClH/c1-30-20-10-6-5-9-19(20)29-24(30)21-22-25(28-18-8-4-3-7-17(18)27-22)31(23(21)26)15-11-13-16(32-2)14-12-15;/h3-14H,26H2,1-2H3;1H. The second-order valence-corrected chi connectivity index (χ2v) is 7.66. The van der Waals surface area contributed by atoms with Crippen molar-refractivity contribution in [2.45, 2.75) is 0 Å². The maximum absolute atomic E-state index is 6.80. The minimum absolute atomic E-state index is 0. The van der Waals surface area contributed by atoms with Crippen molar-refractivity contribution in [2.75, 3.05) is 12.8 Å². The normalized spacial score (nSPS) is 11.2. The van der Waals surface area contributed by atoms with E-state index in [1.54, 1.807) is 7.11 Å². The molecule has 0 fully saturated rings. The molecule has 33 heavy (non-hydrogen) atoms. The zero-order valence-electron chi connectivity index (χ0n) is 18.1. The summed E-state index contributed by atoms with van der Waals surface area (Å²) in [5.74, 6) is 2.07. The van der Waals surface area contributed by atoms with Gasteiger partial charge in [-0.05, 0) is 48.5 Å². The van der Waals surface area contributed by atoms with E-state index in [-0.39, 0.29) is 12.4 Å². The lowest BCUT2D eigenvalue weighted by Crippen LogP contribution is -2.02. The number of nitrogens with zero attached hydrogens (tertiary/aromatic N) is 5. The molecular formula is C25H21ClN6O. The van der Waals surface area contributed by atoms with E-state index in [9.17, 15) is 0 Å². The molecule has 3 aromatic heterocycles. The van der Waals surface area contributed by atoms with Gasteiger partial charge in [0.25, 0.3) is 0 Å². The van der Waals surface area contributed by atoms with E-state index < -0.39 is 0 Å². The zero-order chi connectivity index (χ0) is 21.8. The highest BCUT2D eigenvalue weighted by molar-refractivity contribution is 6.02. The predicted octanol–water partition coefficient (Wildman–Crippen LogP) is 5.14. The van der Waals surface area contributed by atoms with Crippen molar-refractivity contribution >= 4 is 51.5 Å². The minimum atomic E-state index is 0. The van der Waals surface area contributed by atoms with Crippen LogP contribution in [0.1, 0.15) is 0 Å². The van der Waals surface area contributed by atoms with Crippen molar-refractivity contribution in [3.05, 3.63) is 72.8 Å². The Morgan fingerprint density at radius 3 is 2.09 bits per heavy atom. The number of methoxy groups -OCH3 is 1. The van der Waals surface area contributed by atoms with Gasteiger partial charge in [0.05, 0.1) is 34.7 Å². The van der Waals surface area contributed by atoms with Crippen molar-refractivity contribution < 1.29 is 4.74 Å². The fraction of sp³-hybridized carbons (Fsp3) is 0.0800. The van der Waals surface area contributed by atoms with Crippen molar-refractivity contribution in [1.29, 1.82) is 0 Å². The first-order valence-electron chi connectivity index (χ1n) is 10.3. The fourth-order valence-electron chi connectivity index (χ4n) is 4.24. The molecule has 8 heteroatoms. The van der Waals surface area contributed by atoms with Crippen LogP contribution in [0.3, 0.4) is 0 Å². The van der Waals surface area contributed by atoms with Crippen LogP contribution in [0.4, 0.5) is 5.82 Å². The first kappa shape index (κ1) is 20.8. The minimum Gasteiger partial charge on any atom is -0.497 e. The van der Waals surface area contributed by atoms with Crippen LogP contribution in [0, 0.1) is 0 Å². The predicted molar refractivity (Wildman–Crippen MR) is 134 cm³/mol. The van der Waals surface area contributed by atoms with E-state index >= 15 is 0 Å². The van der Waals surface area contributed by atoms with Gasteiger partial charge in [0, 0.05) is 12.7 Å². The van der Waals surface area contributed by atoms with Crippen LogP contribution in [0.15, 0.2) is 72.8 Å². The van der Waals surface area contributed by atoms with Crippen LogP contribution in [0.5, 0.6) is 5.75 Å². The van der Waals surface area contributed by atoms with Gasteiger partial charge in [0.15, 0.2) is 5.65 Å². The Morgan fingerprint density at radius 1 is 0.788 bits per heavy atom. The van der Waals surface area contributed by atoms with E-state index in [0.29, 0.717) is 11.5 Å². The maximum atomic E-state index is 6.80. The molecule has 6 rings (SSSR count). The monoisotopic (exact) mass is 456 g/mol. The van der Waals surface area contributed by atoms with Gasteiger partial charge in [-0.3, -0.25) is 4.57 Å². The van der Waals surface area contributed by atoms with Gasteiger partial charge in [-0.2, -0.15) is 0 Å². The second kappa shape index (κ2) is 7.79. The Labute approximate surface area is 195 Å². The van der Waals surface area contributed by atoms with Crippen LogP contribution in [-0.4, -0.2) is 31.2 Å². The SMILES string of the molecule is COc1ccc(-n2c(N)c(-c3nc4ccccc4n3C)c3nc4ccccc4nc32)cc1.Cl. The molecule has 6 aromatic rings. The van der Waals surface area contributed by atoms with E-state index in [2.05, 4.69) is 4.57 Å². The smallest absolute Gasteiger partial charge is 0.166 e. The van der Waals surface area contributed by atoms with E-state index in [1.165, 1.54) is 0 Å². The van der Waals surface area contributed by atoms with Gasteiger partial charge in [-0.15, -0.1) is 12.4 Å². The zero-order valence-corrected chi connectivity index (χ0v) is 18.9. The molecule has 0 aliphatic heterocycles. The summed E-state index contributed by atoms with van der Waals surface area (Å²) >= 11 is 0. The molecule has 0 amide bonds. The first-order chi connectivity index (χ1) is 15.7. The largest absolute Gasteiger partial charge is 0.497 e. The summed E-state index contributed by atoms with van der Waals surface area (Å²) in [5, 5.41) is 0. The van der Waals surface area contributed by atoms with Crippen molar-refractivity contribution in [2.24, 2.45) is 7.05 Å². The van der Waals surface area contributed by atoms with E-state index in [0.717, 1.165) is 50.4 Å². The van der Waals surface area contributed by atoms with Crippen LogP contribution >= 0.6 is 12.4 Å². The molecule has 164 valence electrons. The fourth-order valence-corrected chi connectivity index (χ4v) is 4.24. The number of ether oxygens (including phenoxy) is 1. The summed E-state index contributed by atoms with van der Waals surface area (Å²) in [6.07, 6.45) is 0. The summed E-state index contributed by atoms with van der Waals surface area (Å²) in [7, 11) is 3.64. The third-order valence-electron chi connectivity index (χ3n) is 5.84. The molecule has 7 nitrogen and oxygen atoms in total. The summed E-state index contributed by atoms with van der Waals surface area (Å²) in [4.78, 5) is 14.8. The van der Waals surface area contributed by atoms with Crippen LogP contribution in [0.2, 0.25) is 0 Å². The third-order valence-corrected chi connectivity index (χ3v) is 5.84. The average molecular weight is 457 g/mol. The summed E-state index contributed by atoms with van der Waals surface area (Å²) < 4.78 is 9.31. The van der Waals surface area contributed by atoms with Gasteiger partial charge >= 0.3 is 0 Å². The number of hydrogen-bond acceptors (Lipinski definition) is 5. The Kier molecular flexibility index (Phi) is 4.91. The lowest BCUT2D eigenvalue weighted by molar-refractivity contribution is 0.415. The van der Waals surface area contributed by atoms with Gasteiger partial charge < -0.3 is 15.0 Å². The summed E-state index contributed by atoms with van der Waals surface area (Å²) in [6, 6.07) is 23.6. The second-order valence-electron chi connectivity index (χ2n) is 7.66. The van der Waals surface area contributed by atoms with E-state index in [1.807, 2.05) is 84.4 Å². The first-order valence-corrected chi connectivity index (χ1v) is 10.3. The molecule has 0 spiro atoms. The number of halogens is 1. The number of imidazole rings is 1. The lowest BCUT2D eigenvalue weighted by atomic mass is 10.2. The van der Waals surface area contributed by atoms with Gasteiger partial charge in [-0.1, -0.05) is 24.3 Å². The molecule has 0 unspecified atom stereocenters. The molecule has 0 aliphatic carbocycles. The van der Waals surface area contributed by atoms with Crippen LogP contribution in [-0.2, 0) is 7.05 Å². The maximum Gasteiger partial charge on any atom is 0.166 e. The highest BCUT2D eigenvalue weighted by Gasteiger charge is 2.24. The Hall–Kier alpha value is -4.10. The lowest BCUT2D eigenvalue weighted by Gasteiger charge is -2.09. The van der Waals surface area contributed by atoms with Crippen molar-refractivity contribution in [3.63, 3.8) is 0 Å². The number of nitrogen functional groups attached to an aromatic ring is 1. The number of rotatable bonds is 3. The Balaban J connectivity index is 0.00000228. The average Bonchev–Trinajstić information content (AvgIpc) is 3.30. The quantitative estimate of drug-likeness (QED) is 0.398. The van der Waals surface area contributed by atoms with E-state index in [4.69, 9.17) is 25.4 Å². The molecule has 0 aliphatic rings. The number of fused-ring (bicyclic) bond motifs is 3. The number of anilines is 1. The summed E-state index contributed by atoms with van der Waals surface area (Å²) in [6.45, 7) is 0. The number of benzene rings is 3. The van der Waals surface area contributed by atoms with Gasteiger partial charge in [0.2, 0.25) is 0 Å². The Morgan fingerprint density at radius 2 is 1.42 bits per heavy atom.